The molecule has 3 nitrogen and oxygen atoms in total. The van der Waals surface area contributed by atoms with Gasteiger partial charge < -0.3 is 10.6 Å². The van der Waals surface area contributed by atoms with Crippen LogP contribution in [-0.4, -0.2) is 13.0 Å². The zero-order valence-electron chi connectivity index (χ0n) is 14.3. The molecule has 0 heterocycles. The lowest BCUT2D eigenvalue weighted by Crippen LogP contribution is -2.22. The van der Waals surface area contributed by atoms with Crippen molar-refractivity contribution in [2.45, 2.75) is 12.6 Å². The van der Waals surface area contributed by atoms with Crippen molar-refractivity contribution in [1.82, 2.24) is 10.6 Å². The Bertz CT molecular complexity index is 759. The van der Waals surface area contributed by atoms with Crippen LogP contribution in [0, 0.1) is 0 Å². The van der Waals surface area contributed by atoms with Crippen molar-refractivity contribution in [3.8, 4) is 0 Å². The van der Waals surface area contributed by atoms with E-state index in [-0.39, 0.29) is 11.9 Å². The van der Waals surface area contributed by atoms with Gasteiger partial charge >= 0.3 is 0 Å². The van der Waals surface area contributed by atoms with Crippen molar-refractivity contribution in [3.05, 3.63) is 107 Å². The second-order valence-corrected chi connectivity index (χ2v) is 5.91. The number of carbonyl (C=O) groups is 1. The maximum absolute atomic E-state index is 11.6. The van der Waals surface area contributed by atoms with Gasteiger partial charge in [-0.2, -0.15) is 0 Å². The first-order chi connectivity index (χ1) is 12.3. The minimum Gasteiger partial charge on any atom is -0.355 e. The number of nitrogens with one attached hydrogen (secondary N) is 2. The summed E-state index contributed by atoms with van der Waals surface area (Å²) >= 11 is 0. The Hall–Kier alpha value is -2.91. The highest BCUT2D eigenvalue weighted by atomic mass is 16.1. The Kier molecular flexibility index (Phi) is 5.60. The van der Waals surface area contributed by atoms with Gasteiger partial charge in [-0.3, -0.25) is 4.79 Å². The average molecular weight is 330 g/mol. The van der Waals surface area contributed by atoms with Gasteiger partial charge in [0.05, 0.1) is 6.04 Å². The minimum atomic E-state index is -0.0639. The molecule has 0 spiro atoms. The molecular formula is C22H22N2O. The third-order valence-corrected chi connectivity index (χ3v) is 4.22. The van der Waals surface area contributed by atoms with E-state index in [0.29, 0.717) is 5.56 Å². The molecule has 0 fully saturated rings. The zero-order valence-corrected chi connectivity index (χ0v) is 14.3. The zero-order chi connectivity index (χ0) is 17.5. The van der Waals surface area contributed by atoms with Gasteiger partial charge in [0.15, 0.2) is 0 Å². The predicted octanol–water partition coefficient (Wildman–Crippen LogP) is 3.93. The molecule has 25 heavy (non-hydrogen) atoms. The maximum Gasteiger partial charge on any atom is 0.251 e. The van der Waals surface area contributed by atoms with E-state index in [1.807, 2.05) is 36.4 Å². The second-order valence-electron chi connectivity index (χ2n) is 5.91. The van der Waals surface area contributed by atoms with Gasteiger partial charge in [-0.05, 0) is 28.8 Å². The molecule has 0 unspecified atom stereocenters. The molecule has 0 atom stereocenters. The molecule has 0 saturated heterocycles. The normalized spacial score (nSPS) is 10.6. The molecule has 0 bridgehead atoms. The quantitative estimate of drug-likeness (QED) is 0.719. The molecule has 126 valence electrons. The highest BCUT2D eigenvalue weighted by Crippen LogP contribution is 2.22. The number of amides is 1. The fraction of sp³-hybridized carbons (Fsp3) is 0.136. The summed E-state index contributed by atoms with van der Waals surface area (Å²) in [6.07, 6.45) is 0. The molecule has 0 aliphatic rings. The van der Waals surface area contributed by atoms with Gasteiger partial charge in [-0.25, -0.2) is 0 Å². The molecule has 0 aliphatic carbocycles. The number of benzene rings is 3. The Balaban J connectivity index is 1.76. The fourth-order valence-corrected chi connectivity index (χ4v) is 2.86. The topological polar surface area (TPSA) is 41.1 Å². The van der Waals surface area contributed by atoms with E-state index in [2.05, 4.69) is 59.2 Å². The largest absolute Gasteiger partial charge is 0.355 e. The van der Waals surface area contributed by atoms with E-state index in [0.717, 1.165) is 12.1 Å². The van der Waals surface area contributed by atoms with Crippen LogP contribution in [0.4, 0.5) is 0 Å². The van der Waals surface area contributed by atoms with Gasteiger partial charge in [-0.1, -0.05) is 72.8 Å². The molecule has 1 amide bonds. The summed E-state index contributed by atoms with van der Waals surface area (Å²) in [7, 11) is 1.64. The van der Waals surface area contributed by atoms with Gasteiger partial charge in [0.25, 0.3) is 5.91 Å². The number of hydrogen-bond acceptors (Lipinski definition) is 2. The van der Waals surface area contributed by atoms with E-state index in [1.165, 1.54) is 11.1 Å². The van der Waals surface area contributed by atoms with Crippen molar-refractivity contribution in [3.63, 3.8) is 0 Å². The van der Waals surface area contributed by atoms with Gasteiger partial charge in [0.1, 0.15) is 0 Å². The molecule has 3 aromatic carbocycles. The molecular weight excluding hydrogens is 308 g/mol. The number of hydrogen-bond donors (Lipinski definition) is 2. The smallest absolute Gasteiger partial charge is 0.251 e. The number of carbonyl (C=O) groups excluding carboxylic acids is 1. The fourth-order valence-electron chi connectivity index (χ4n) is 2.86. The van der Waals surface area contributed by atoms with Crippen molar-refractivity contribution < 1.29 is 4.79 Å². The minimum absolute atomic E-state index is 0.0639. The summed E-state index contributed by atoms with van der Waals surface area (Å²) < 4.78 is 0. The highest BCUT2D eigenvalue weighted by molar-refractivity contribution is 5.93. The van der Waals surface area contributed by atoms with Crippen LogP contribution in [-0.2, 0) is 6.54 Å². The Morgan fingerprint density at radius 3 is 1.80 bits per heavy atom. The van der Waals surface area contributed by atoms with E-state index in [4.69, 9.17) is 0 Å². The number of rotatable bonds is 6. The molecule has 0 radical (unpaired) electrons. The molecule has 0 aromatic heterocycles. The van der Waals surface area contributed by atoms with Crippen LogP contribution in [0.1, 0.15) is 33.1 Å². The maximum atomic E-state index is 11.6. The predicted molar refractivity (Wildman–Crippen MR) is 101 cm³/mol. The first kappa shape index (κ1) is 16.9. The summed E-state index contributed by atoms with van der Waals surface area (Å²) in [4.78, 5) is 11.6. The molecule has 2 N–H and O–H groups in total. The third kappa shape index (κ3) is 4.34. The SMILES string of the molecule is CNC(=O)c1ccc(CNC(c2ccccc2)c2ccccc2)cc1. The molecule has 0 saturated carbocycles. The Labute approximate surface area is 148 Å². The van der Waals surface area contributed by atoms with Crippen molar-refractivity contribution >= 4 is 5.91 Å². The monoisotopic (exact) mass is 330 g/mol. The summed E-state index contributed by atoms with van der Waals surface area (Å²) in [5.41, 5.74) is 4.28. The first-order valence-electron chi connectivity index (χ1n) is 8.42. The van der Waals surface area contributed by atoms with Gasteiger partial charge in [0.2, 0.25) is 0 Å². The third-order valence-electron chi connectivity index (χ3n) is 4.22. The summed E-state index contributed by atoms with van der Waals surface area (Å²) in [6, 6.07) is 28.7. The van der Waals surface area contributed by atoms with Crippen LogP contribution in [0.2, 0.25) is 0 Å². The summed E-state index contributed by atoms with van der Waals surface area (Å²) in [5, 5.41) is 6.27. The second kappa shape index (κ2) is 8.27. The lowest BCUT2D eigenvalue weighted by molar-refractivity contribution is 0.0963. The first-order valence-corrected chi connectivity index (χ1v) is 8.42. The van der Waals surface area contributed by atoms with Crippen molar-refractivity contribution in [2.75, 3.05) is 7.05 Å². The lowest BCUT2D eigenvalue weighted by Gasteiger charge is -2.20. The summed E-state index contributed by atoms with van der Waals surface area (Å²) in [5.74, 6) is -0.0639. The lowest BCUT2D eigenvalue weighted by atomic mass is 9.98. The molecule has 3 rings (SSSR count). The van der Waals surface area contributed by atoms with Crippen LogP contribution in [0.25, 0.3) is 0 Å². The van der Waals surface area contributed by atoms with E-state index in [1.54, 1.807) is 7.05 Å². The van der Waals surface area contributed by atoms with E-state index < -0.39 is 0 Å². The van der Waals surface area contributed by atoms with Crippen molar-refractivity contribution in [2.24, 2.45) is 0 Å². The van der Waals surface area contributed by atoms with Crippen molar-refractivity contribution in [1.29, 1.82) is 0 Å². The van der Waals surface area contributed by atoms with Gasteiger partial charge in [-0.15, -0.1) is 0 Å². The van der Waals surface area contributed by atoms with E-state index in [9.17, 15) is 4.79 Å². The van der Waals surface area contributed by atoms with Crippen LogP contribution in [0.15, 0.2) is 84.9 Å². The highest BCUT2D eigenvalue weighted by Gasteiger charge is 2.13. The summed E-state index contributed by atoms with van der Waals surface area (Å²) in [6.45, 7) is 0.725. The average Bonchev–Trinajstić information content (AvgIpc) is 2.70. The molecule has 0 aliphatic heterocycles. The van der Waals surface area contributed by atoms with E-state index >= 15 is 0 Å². The Morgan fingerprint density at radius 1 is 0.800 bits per heavy atom. The molecule has 3 aromatic rings. The van der Waals surface area contributed by atoms with Crippen LogP contribution < -0.4 is 10.6 Å². The Morgan fingerprint density at radius 2 is 1.32 bits per heavy atom. The van der Waals surface area contributed by atoms with Crippen LogP contribution in [0.3, 0.4) is 0 Å². The molecule has 3 heteroatoms. The van der Waals surface area contributed by atoms with Crippen LogP contribution >= 0.6 is 0 Å². The van der Waals surface area contributed by atoms with Crippen LogP contribution in [0.5, 0.6) is 0 Å². The standard InChI is InChI=1S/C22H22N2O/c1-23-22(25)20-14-12-17(13-15-20)16-24-21(18-8-4-2-5-9-18)19-10-6-3-7-11-19/h2-15,21,24H,16H2,1H3,(H,23,25). The van der Waals surface area contributed by atoms with Gasteiger partial charge in [0, 0.05) is 19.2 Å².